The fourth-order valence-electron chi connectivity index (χ4n) is 1.42. The summed E-state index contributed by atoms with van der Waals surface area (Å²) in [5.41, 5.74) is 7.81. The van der Waals surface area contributed by atoms with Crippen LogP contribution in [0.1, 0.15) is 5.56 Å². The lowest BCUT2D eigenvalue weighted by atomic mass is 10.1. The fourth-order valence-corrected chi connectivity index (χ4v) is 2.11. The molecule has 0 unspecified atom stereocenters. The van der Waals surface area contributed by atoms with Gasteiger partial charge in [0.2, 0.25) is 0 Å². The van der Waals surface area contributed by atoms with Crippen molar-refractivity contribution in [3.8, 4) is 16.2 Å². The van der Waals surface area contributed by atoms with Crippen molar-refractivity contribution in [1.29, 1.82) is 0 Å². The third kappa shape index (κ3) is 1.94. The maximum Gasteiger partial charge on any atom is 0.137 e. The Morgan fingerprint density at radius 1 is 1.33 bits per heavy atom. The van der Waals surface area contributed by atoms with Crippen molar-refractivity contribution in [2.75, 3.05) is 12.8 Å². The predicted molar refractivity (Wildman–Crippen MR) is 63.3 cm³/mol. The molecule has 0 aliphatic carbocycles. The van der Waals surface area contributed by atoms with E-state index in [0.717, 1.165) is 16.2 Å². The first-order valence-corrected chi connectivity index (χ1v) is 5.35. The second kappa shape index (κ2) is 3.90. The molecule has 0 radical (unpaired) electrons. The van der Waals surface area contributed by atoms with E-state index >= 15 is 0 Å². The highest BCUT2D eigenvalue weighted by Crippen LogP contribution is 2.34. The molecule has 0 aliphatic rings. The molecule has 2 rings (SSSR count). The maximum absolute atomic E-state index is 5.60. The van der Waals surface area contributed by atoms with Gasteiger partial charge in [-0.3, -0.25) is 0 Å². The molecule has 2 N–H and O–H groups in total. The van der Waals surface area contributed by atoms with Crippen molar-refractivity contribution in [2.45, 2.75) is 6.92 Å². The minimum Gasteiger partial charge on any atom is -0.496 e. The second-order valence-corrected chi connectivity index (χ2v) is 4.12. The minimum absolute atomic E-state index is 0.553. The van der Waals surface area contributed by atoms with Crippen molar-refractivity contribution in [2.24, 2.45) is 0 Å². The summed E-state index contributed by atoms with van der Waals surface area (Å²) in [6, 6.07) is 7.94. The summed E-state index contributed by atoms with van der Waals surface area (Å²) >= 11 is 1.38. The highest BCUT2D eigenvalue weighted by Gasteiger charge is 2.08. The highest BCUT2D eigenvalue weighted by molar-refractivity contribution is 7.09. The Labute approximate surface area is 92.7 Å². The second-order valence-electron chi connectivity index (χ2n) is 3.32. The molecule has 0 amide bonds. The van der Waals surface area contributed by atoms with Gasteiger partial charge in [-0.05, 0) is 36.2 Å². The molecule has 78 valence electrons. The number of ether oxygens (including phenoxy) is 1. The van der Waals surface area contributed by atoms with E-state index in [1.165, 1.54) is 17.1 Å². The van der Waals surface area contributed by atoms with Crippen LogP contribution >= 0.6 is 11.5 Å². The molecule has 0 saturated heterocycles. The number of methoxy groups -OCH3 is 1. The molecule has 2 aromatic rings. The van der Waals surface area contributed by atoms with Crippen molar-refractivity contribution < 1.29 is 4.74 Å². The summed E-state index contributed by atoms with van der Waals surface area (Å²) in [6.45, 7) is 2.04. The molecule has 0 fully saturated rings. The SMILES string of the molecule is COc1cc(C)ccc1-c1cc(N)ns1. The Kier molecular flexibility index (Phi) is 2.60. The van der Waals surface area contributed by atoms with Crippen LogP contribution in [0.4, 0.5) is 5.82 Å². The zero-order valence-electron chi connectivity index (χ0n) is 8.65. The van der Waals surface area contributed by atoms with E-state index in [1.54, 1.807) is 7.11 Å². The first-order chi connectivity index (χ1) is 7.20. The first-order valence-electron chi connectivity index (χ1n) is 4.58. The number of nitrogens with zero attached hydrogens (tertiary/aromatic N) is 1. The zero-order valence-corrected chi connectivity index (χ0v) is 9.47. The van der Waals surface area contributed by atoms with Crippen molar-refractivity contribution >= 4 is 17.4 Å². The van der Waals surface area contributed by atoms with Crippen molar-refractivity contribution in [3.05, 3.63) is 29.8 Å². The minimum atomic E-state index is 0.553. The molecule has 0 aliphatic heterocycles. The van der Waals surface area contributed by atoms with Gasteiger partial charge in [0.1, 0.15) is 11.6 Å². The van der Waals surface area contributed by atoms with Gasteiger partial charge in [0.15, 0.2) is 0 Å². The lowest BCUT2D eigenvalue weighted by molar-refractivity contribution is 0.416. The number of aryl methyl sites for hydroxylation is 1. The van der Waals surface area contributed by atoms with Crippen LogP contribution in [0.5, 0.6) is 5.75 Å². The van der Waals surface area contributed by atoms with Gasteiger partial charge in [0.25, 0.3) is 0 Å². The van der Waals surface area contributed by atoms with E-state index in [0.29, 0.717) is 5.82 Å². The Hall–Kier alpha value is -1.55. The van der Waals surface area contributed by atoms with Gasteiger partial charge in [0, 0.05) is 11.6 Å². The van der Waals surface area contributed by atoms with Crippen LogP contribution in [-0.4, -0.2) is 11.5 Å². The molecule has 0 bridgehead atoms. The van der Waals surface area contributed by atoms with Gasteiger partial charge in [-0.1, -0.05) is 6.07 Å². The van der Waals surface area contributed by atoms with Crippen LogP contribution in [0.25, 0.3) is 10.4 Å². The van der Waals surface area contributed by atoms with E-state index in [9.17, 15) is 0 Å². The van der Waals surface area contributed by atoms with Crippen LogP contribution < -0.4 is 10.5 Å². The number of hydrogen-bond donors (Lipinski definition) is 1. The topological polar surface area (TPSA) is 48.1 Å². The number of anilines is 1. The number of rotatable bonds is 2. The van der Waals surface area contributed by atoms with Crippen LogP contribution in [0.15, 0.2) is 24.3 Å². The third-order valence-electron chi connectivity index (χ3n) is 2.15. The molecule has 0 atom stereocenters. The van der Waals surface area contributed by atoms with Crippen LogP contribution in [0.3, 0.4) is 0 Å². The molecule has 1 aromatic heterocycles. The van der Waals surface area contributed by atoms with Gasteiger partial charge >= 0.3 is 0 Å². The molecular formula is C11H12N2OS. The molecule has 1 aromatic carbocycles. The summed E-state index contributed by atoms with van der Waals surface area (Å²) in [7, 11) is 1.67. The number of hydrogen-bond acceptors (Lipinski definition) is 4. The molecule has 15 heavy (non-hydrogen) atoms. The normalized spacial score (nSPS) is 10.3. The average molecular weight is 220 g/mol. The van der Waals surface area contributed by atoms with Crippen LogP contribution in [-0.2, 0) is 0 Å². The van der Waals surface area contributed by atoms with E-state index in [1.807, 2.05) is 31.2 Å². The quantitative estimate of drug-likeness (QED) is 0.846. The van der Waals surface area contributed by atoms with E-state index in [-0.39, 0.29) is 0 Å². The van der Waals surface area contributed by atoms with E-state index < -0.39 is 0 Å². The predicted octanol–water partition coefficient (Wildman–Crippen LogP) is 2.71. The number of benzene rings is 1. The number of nitrogen functional groups attached to an aromatic ring is 1. The third-order valence-corrected chi connectivity index (χ3v) is 2.99. The molecule has 1 heterocycles. The van der Waals surface area contributed by atoms with E-state index in [2.05, 4.69) is 4.37 Å². The van der Waals surface area contributed by atoms with Gasteiger partial charge in [-0.15, -0.1) is 0 Å². The first kappa shape index (κ1) is 9.98. The number of nitrogens with two attached hydrogens (primary N) is 1. The lowest BCUT2D eigenvalue weighted by Crippen LogP contribution is -1.87. The summed E-state index contributed by atoms with van der Waals surface area (Å²) in [5.74, 6) is 1.41. The van der Waals surface area contributed by atoms with Crippen LogP contribution in [0.2, 0.25) is 0 Å². The van der Waals surface area contributed by atoms with Crippen LogP contribution in [0, 0.1) is 6.92 Å². The molecule has 3 nitrogen and oxygen atoms in total. The smallest absolute Gasteiger partial charge is 0.137 e. The Balaban J connectivity index is 2.52. The van der Waals surface area contributed by atoms with Gasteiger partial charge < -0.3 is 10.5 Å². The zero-order chi connectivity index (χ0) is 10.8. The number of aromatic nitrogens is 1. The maximum atomic E-state index is 5.60. The molecular weight excluding hydrogens is 208 g/mol. The largest absolute Gasteiger partial charge is 0.496 e. The van der Waals surface area contributed by atoms with Crippen molar-refractivity contribution in [1.82, 2.24) is 4.37 Å². The van der Waals surface area contributed by atoms with Gasteiger partial charge in [-0.25, -0.2) is 0 Å². The molecule has 4 heteroatoms. The molecule has 0 spiro atoms. The van der Waals surface area contributed by atoms with Crippen molar-refractivity contribution in [3.63, 3.8) is 0 Å². The summed E-state index contributed by atoms with van der Waals surface area (Å²) in [4.78, 5) is 1.03. The average Bonchev–Trinajstić information content (AvgIpc) is 2.64. The summed E-state index contributed by atoms with van der Waals surface area (Å²) in [5, 5.41) is 0. The molecule has 0 saturated carbocycles. The standard InChI is InChI=1S/C11H12N2OS/c1-7-3-4-8(9(5-7)14-2)10-6-11(12)13-15-10/h3-6H,1-2H3,(H2,12,13). The van der Waals surface area contributed by atoms with E-state index in [4.69, 9.17) is 10.5 Å². The van der Waals surface area contributed by atoms with Gasteiger partial charge in [-0.2, -0.15) is 4.37 Å². The monoisotopic (exact) mass is 220 g/mol. The Morgan fingerprint density at radius 3 is 2.73 bits per heavy atom. The Morgan fingerprint density at radius 2 is 2.13 bits per heavy atom. The fraction of sp³-hybridized carbons (Fsp3) is 0.182. The summed E-state index contributed by atoms with van der Waals surface area (Å²) in [6.07, 6.45) is 0. The Bertz CT molecular complexity index is 479. The van der Waals surface area contributed by atoms with Gasteiger partial charge in [0.05, 0.1) is 12.0 Å². The lowest BCUT2D eigenvalue weighted by Gasteiger charge is -2.06. The highest BCUT2D eigenvalue weighted by atomic mass is 32.1. The summed E-state index contributed by atoms with van der Waals surface area (Å²) < 4.78 is 9.38.